The highest BCUT2D eigenvalue weighted by atomic mass is 32.2. The van der Waals surface area contributed by atoms with Crippen LogP contribution in [0.5, 0.6) is 28.7 Å². The molecule has 1 spiro atoms. The molecule has 0 saturated carbocycles. The number of methoxy groups -OCH3 is 2. The highest BCUT2D eigenvalue weighted by Crippen LogP contribution is 2.78. The Kier molecular flexibility index (Phi) is 6.62. The molecule has 10 heteroatoms. The number of aliphatic hydroxyl groups is 1. The SMILES string of the molecule is CCC(O)CN.COc1c#cc(C2SC23CCc2cc4c(c(O)c23)OCO4)c(C(=O)O)c1OC. The van der Waals surface area contributed by atoms with Crippen LogP contribution in [0.4, 0.5) is 0 Å². The average molecular weight is 490 g/mol. The maximum Gasteiger partial charge on any atom is 0.340 e. The van der Waals surface area contributed by atoms with Gasteiger partial charge >= 0.3 is 5.97 Å². The number of ether oxygens (including phenoxy) is 4. The van der Waals surface area contributed by atoms with Crippen LogP contribution < -0.4 is 24.7 Å². The van der Waals surface area contributed by atoms with Crippen molar-refractivity contribution in [2.45, 2.75) is 42.3 Å². The normalized spacial score (nSPS) is 21.7. The molecule has 9 nitrogen and oxygen atoms in total. The fraction of sp³-hybridized carbons (Fsp3) is 0.458. The molecule has 3 aliphatic rings. The number of phenols is 1. The third-order valence-electron chi connectivity index (χ3n) is 6.24. The Balaban J connectivity index is 0.000000408. The molecule has 2 heterocycles. The van der Waals surface area contributed by atoms with Crippen LogP contribution in [0.1, 0.15) is 52.1 Å². The van der Waals surface area contributed by atoms with Crippen LogP contribution in [0.3, 0.4) is 0 Å². The van der Waals surface area contributed by atoms with Crippen molar-refractivity contribution in [3.05, 3.63) is 40.5 Å². The number of nitrogens with two attached hydrogens (primary N) is 1. The van der Waals surface area contributed by atoms with Crippen molar-refractivity contribution in [1.82, 2.24) is 0 Å². The maximum absolute atomic E-state index is 12.0. The topological polar surface area (TPSA) is 141 Å². The summed E-state index contributed by atoms with van der Waals surface area (Å²) >= 11 is 1.60. The number of thioether (sulfide) groups is 1. The molecular weight excluding hydrogens is 462 g/mol. The number of aromatic hydroxyl groups is 1. The van der Waals surface area contributed by atoms with Crippen LogP contribution in [-0.2, 0) is 11.2 Å². The monoisotopic (exact) mass is 489 g/mol. The summed E-state index contributed by atoms with van der Waals surface area (Å²) in [6.07, 6.45) is 2.01. The van der Waals surface area contributed by atoms with E-state index < -0.39 is 10.7 Å². The van der Waals surface area contributed by atoms with Crippen molar-refractivity contribution in [1.29, 1.82) is 0 Å². The van der Waals surface area contributed by atoms with Gasteiger partial charge in [0, 0.05) is 17.7 Å². The Morgan fingerprint density at radius 3 is 2.71 bits per heavy atom. The van der Waals surface area contributed by atoms with Crippen molar-refractivity contribution >= 4 is 17.7 Å². The summed E-state index contributed by atoms with van der Waals surface area (Å²) < 4.78 is 20.9. The second kappa shape index (κ2) is 9.33. The van der Waals surface area contributed by atoms with E-state index in [-0.39, 0.29) is 41.0 Å². The molecule has 2 aromatic rings. The highest BCUT2D eigenvalue weighted by Gasteiger charge is 2.63. The summed E-state index contributed by atoms with van der Waals surface area (Å²) in [5, 5.41) is 29.0. The third-order valence-corrected chi connectivity index (χ3v) is 7.93. The summed E-state index contributed by atoms with van der Waals surface area (Å²) in [4.78, 5) is 12.0. The van der Waals surface area contributed by atoms with Crippen molar-refractivity contribution < 1.29 is 39.1 Å². The Labute approximate surface area is 201 Å². The predicted octanol–water partition coefficient (Wildman–Crippen LogP) is 2.78. The first kappa shape index (κ1) is 24.1. The minimum Gasteiger partial charge on any atom is -0.504 e. The second-order valence-corrected chi connectivity index (χ2v) is 9.52. The van der Waals surface area contributed by atoms with Gasteiger partial charge in [0.25, 0.3) is 0 Å². The van der Waals surface area contributed by atoms with Gasteiger partial charge in [0.2, 0.25) is 18.3 Å². The van der Waals surface area contributed by atoms with Crippen LogP contribution in [-0.4, -0.2) is 55.0 Å². The van der Waals surface area contributed by atoms with E-state index in [1.807, 2.05) is 13.0 Å². The van der Waals surface area contributed by atoms with E-state index in [0.717, 1.165) is 30.4 Å². The number of carboxylic acids is 1. The van der Waals surface area contributed by atoms with E-state index in [9.17, 15) is 15.0 Å². The zero-order valence-corrected chi connectivity index (χ0v) is 20.0. The quantitative estimate of drug-likeness (QED) is 0.448. The summed E-state index contributed by atoms with van der Waals surface area (Å²) in [5.41, 5.74) is 7.33. The minimum absolute atomic E-state index is 0.0150. The lowest BCUT2D eigenvalue weighted by molar-refractivity contribution is 0.0691. The first-order chi connectivity index (χ1) is 16.3. The molecule has 0 radical (unpaired) electrons. The molecule has 2 aliphatic heterocycles. The van der Waals surface area contributed by atoms with Crippen molar-refractivity contribution in [3.8, 4) is 28.7 Å². The van der Waals surface area contributed by atoms with Gasteiger partial charge in [-0.05, 0) is 37.0 Å². The zero-order chi connectivity index (χ0) is 24.6. The lowest BCUT2D eigenvalue weighted by Crippen LogP contribution is -2.17. The number of phenolic OH excluding ortho intramolecular Hbond substituents is 1. The van der Waals surface area contributed by atoms with Crippen molar-refractivity contribution in [2.75, 3.05) is 27.6 Å². The van der Waals surface area contributed by atoms with Crippen molar-refractivity contribution in [3.63, 3.8) is 0 Å². The Hall–Kier alpha value is -3.00. The average Bonchev–Trinajstić information content (AvgIpc) is 3.16. The third kappa shape index (κ3) is 3.83. The molecule has 1 aliphatic carbocycles. The van der Waals surface area contributed by atoms with Crippen LogP contribution in [0.25, 0.3) is 0 Å². The van der Waals surface area contributed by atoms with Crippen LogP contribution >= 0.6 is 11.8 Å². The highest BCUT2D eigenvalue weighted by molar-refractivity contribution is 8.07. The molecule has 34 heavy (non-hydrogen) atoms. The van der Waals surface area contributed by atoms with E-state index >= 15 is 0 Å². The number of benzene rings is 1. The number of aromatic carboxylic acids is 1. The Bertz CT molecular complexity index is 1100. The maximum atomic E-state index is 12.0. The van der Waals surface area contributed by atoms with Gasteiger partial charge in [-0.15, -0.1) is 11.8 Å². The summed E-state index contributed by atoms with van der Waals surface area (Å²) in [6, 6.07) is 7.72. The fourth-order valence-electron chi connectivity index (χ4n) is 4.43. The predicted molar refractivity (Wildman–Crippen MR) is 124 cm³/mol. The van der Waals surface area contributed by atoms with Crippen molar-refractivity contribution in [2.24, 2.45) is 5.73 Å². The number of rotatable bonds is 6. The van der Waals surface area contributed by atoms with Gasteiger partial charge in [0.05, 0.1) is 30.3 Å². The van der Waals surface area contributed by atoms with Gasteiger partial charge in [-0.3, -0.25) is 0 Å². The summed E-state index contributed by atoms with van der Waals surface area (Å²) in [6.45, 7) is 2.37. The number of carboxylic acid groups (broad SMARTS) is 1. The molecule has 1 fully saturated rings. The van der Waals surface area contributed by atoms with Gasteiger partial charge < -0.3 is 40.0 Å². The number of carbonyl (C=O) groups is 1. The molecule has 2 aromatic carbocycles. The molecule has 0 amide bonds. The number of hydrogen-bond acceptors (Lipinski definition) is 9. The molecular formula is C24H27NO8S. The molecule has 0 aromatic heterocycles. The van der Waals surface area contributed by atoms with E-state index in [2.05, 4.69) is 12.1 Å². The fourth-order valence-corrected chi connectivity index (χ4v) is 6.00. The van der Waals surface area contributed by atoms with E-state index in [4.69, 9.17) is 29.8 Å². The molecule has 182 valence electrons. The van der Waals surface area contributed by atoms with Crippen LogP contribution in [0, 0.1) is 12.1 Å². The molecule has 0 bridgehead atoms. The van der Waals surface area contributed by atoms with Gasteiger partial charge in [-0.25, -0.2) is 4.79 Å². The molecule has 5 N–H and O–H groups in total. The zero-order valence-electron chi connectivity index (χ0n) is 19.1. The van der Waals surface area contributed by atoms with Gasteiger partial charge in [0.1, 0.15) is 5.56 Å². The van der Waals surface area contributed by atoms with Crippen LogP contribution in [0.15, 0.2) is 6.07 Å². The summed E-state index contributed by atoms with van der Waals surface area (Å²) in [5.74, 6) is 0.186. The van der Waals surface area contributed by atoms with Crippen LogP contribution in [0.2, 0.25) is 0 Å². The first-order valence-corrected chi connectivity index (χ1v) is 11.7. The number of hydrogen-bond donors (Lipinski definition) is 4. The van der Waals surface area contributed by atoms with Gasteiger partial charge in [-0.2, -0.15) is 0 Å². The van der Waals surface area contributed by atoms with E-state index in [1.165, 1.54) is 14.2 Å². The van der Waals surface area contributed by atoms with E-state index in [1.54, 1.807) is 11.8 Å². The lowest BCUT2D eigenvalue weighted by Gasteiger charge is -2.14. The molecule has 5 rings (SSSR count). The molecule has 1 saturated heterocycles. The molecule has 3 atom stereocenters. The minimum atomic E-state index is -1.12. The Morgan fingerprint density at radius 1 is 1.35 bits per heavy atom. The summed E-state index contributed by atoms with van der Waals surface area (Å²) in [7, 11) is 2.82. The Morgan fingerprint density at radius 2 is 2.12 bits per heavy atom. The lowest BCUT2D eigenvalue weighted by atomic mass is 9.90. The van der Waals surface area contributed by atoms with Gasteiger partial charge in [-0.1, -0.05) is 13.0 Å². The van der Waals surface area contributed by atoms with E-state index in [0.29, 0.717) is 23.6 Å². The number of fused-ring (bicyclic) bond motifs is 3. The smallest absolute Gasteiger partial charge is 0.340 e. The largest absolute Gasteiger partial charge is 0.504 e. The first-order valence-electron chi connectivity index (χ1n) is 10.9. The number of aliphatic hydroxyl groups excluding tert-OH is 1. The second-order valence-electron chi connectivity index (χ2n) is 8.09. The number of aryl methyl sites for hydroxylation is 1. The molecule has 3 unspecified atom stereocenters. The standard InChI is InChI=1S/C20H16O7S.C4H11NO/c1-24-11-4-3-10(13(19(22)23)16(11)25-2)18-20(28-18)6-5-9-7-12-17(27-8-26-12)15(21)14(9)20;1-2-4(6)3-5/h7,18,21H,5-6,8H2,1-2H3,(H,22,23);4,6H,2-3,5H2,1H3. The van der Waals surface area contributed by atoms with Gasteiger partial charge in [0.15, 0.2) is 17.2 Å².